The second-order valence-corrected chi connectivity index (χ2v) is 6.97. The van der Waals surface area contributed by atoms with E-state index in [0.717, 1.165) is 18.4 Å². The van der Waals surface area contributed by atoms with Crippen LogP contribution in [0.2, 0.25) is 0 Å². The highest BCUT2D eigenvalue weighted by Crippen LogP contribution is 2.24. The Morgan fingerprint density at radius 1 is 0.964 bits per heavy atom. The second-order valence-electron chi connectivity index (χ2n) is 6.97. The van der Waals surface area contributed by atoms with Gasteiger partial charge >= 0.3 is 5.97 Å². The Bertz CT molecular complexity index is 715. The van der Waals surface area contributed by atoms with Crippen molar-refractivity contribution < 1.29 is 18.7 Å². The predicted molar refractivity (Wildman–Crippen MR) is 110 cm³/mol. The van der Waals surface area contributed by atoms with Crippen molar-refractivity contribution in [2.45, 2.75) is 64.9 Å². The van der Waals surface area contributed by atoms with Gasteiger partial charge in [0.1, 0.15) is 6.10 Å². The Morgan fingerprint density at radius 3 is 2.36 bits per heavy atom. The van der Waals surface area contributed by atoms with Crippen LogP contribution in [0.5, 0.6) is 5.75 Å². The third-order valence-corrected chi connectivity index (χ3v) is 4.71. The summed E-state index contributed by atoms with van der Waals surface area (Å²) in [4.78, 5) is 12.4. The van der Waals surface area contributed by atoms with Gasteiger partial charge in [-0.1, -0.05) is 76.3 Å². The molecule has 0 fully saturated rings. The van der Waals surface area contributed by atoms with Crippen molar-refractivity contribution >= 4 is 5.97 Å². The number of hydrogen-bond acceptors (Lipinski definition) is 3. The molecule has 0 aliphatic heterocycles. The average molecular weight is 387 g/mol. The highest BCUT2D eigenvalue weighted by Gasteiger charge is 2.17. The van der Waals surface area contributed by atoms with Crippen LogP contribution in [0.1, 0.15) is 80.8 Å². The van der Waals surface area contributed by atoms with Crippen LogP contribution in [0, 0.1) is 5.82 Å². The molecule has 0 aromatic heterocycles. The number of ether oxygens (including phenoxy) is 2. The molecule has 0 aliphatic carbocycles. The van der Waals surface area contributed by atoms with E-state index in [4.69, 9.17) is 9.47 Å². The van der Waals surface area contributed by atoms with Crippen LogP contribution in [0.3, 0.4) is 0 Å². The molecule has 0 saturated carbocycles. The minimum Gasteiger partial charge on any atom is -0.491 e. The summed E-state index contributed by atoms with van der Waals surface area (Å²) < 4.78 is 25.4. The third-order valence-electron chi connectivity index (χ3n) is 4.71. The maximum Gasteiger partial charge on any atom is 0.338 e. The molecular formula is C24H31FO3. The van der Waals surface area contributed by atoms with Gasteiger partial charge in [-0.05, 0) is 36.6 Å². The minimum atomic E-state index is -0.534. The standard InChI is InChI=1S/C24H31FO3/c1-3-5-6-7-8-12-17-27-23-16-15-20(18-21(23)25)24(26)28-22(4-2)19-13-10-9-11-14-19/h9-11,13-16,18,22H,3-8,12,17H2,1-2H3. The maximum absolute atomic E-state index is 14.3. The van der Waals surface area contributed by atoms with Crippen molar-refractivity contribution in [1.82, 2.24) is 0 Å². The highest BCUT2D eigenvalue weighted by molar-refractivity contribution is 5.89. The zero-order valence-electron chi connectivity index (χ0n) is 17.0. The summed E-state index contributed by atoms with van der Waals surface area (Å²) in [5, 5.41) is 0. The lowest BCUT2D eigenvalue weighted by Crippen LogP contribution is -2.11. The van der Waals surface area contributed by atoms with E-state index in [-0.39, 0.29) is 17.4 Å². The van der Waals surface area contributed by atoms with Crippen LogP contribution in [0.25, 0.3) is 0 Å². The summed E-state index contributed by atoms with van der Waals surface area (Å²) in [5.74, 6) is -0.884. The molecular weight excluding hydrogens is 355 g/mol. The van der Waals surface area contributed by atoms with Gasteiger partial charge in [-0.15, -0.1) is 0 Å². The quantitative estimate of drug-likeness (QED) is 0.295. The van der Waals surface area contributed by atoms with Crippen molar-refractivity contribution in [2.24, 2.45) is 0 Å². The van der Waals surface area contributed by atoms with Crippen molar-refractivity contribution in [2.75, 3.05) is 6.61 Å². The topological polar surface area (TPSA) is 35.5 Å². The molecule has 0 saturated heterocycles. The van der Waals surface area contributed by atoms with Gasteiger partial charge in [-0.25, -0.2) is 9.18 Å². The van der Waals surface area contributed by atoms with Gasteiger partial charge in [0.2, 0.25) is 0 Å². The Balaban J connectivity index is 1.86. The largest absolute Gasteiger partial charge is 0.491 e. The van der Waals surface area contributed by atoms with Gasteiger partial charge in [-0.2, -0.15) is 0 Å². The number of rotatable bonds is 12. The van der Waals surface area contributed by atoms with Crippen LogP contribution in [0.4, 0.5) is 4.39 Å². The summed E-state index contributed by atoms with van der Waals surface area (Å²) in [6.07, 6.45) is 7.20. The van der Waals surface area contributed by atoms with Gasteiger partial charge < -0.3 is 9.47 Å². The van der Waals surface area contributed by atoms with Gasteiger partial charge in [0, 0.05) is 0 Å². The molecule has 0 aliphatic rings. The smallest absolute Gasteiger partial charge is 0.338 e. The summed E-state index contributed by atoms with van der Waals surface area (Å²) in [5.41, 5.74) is 1.12. The first-order valence-corrected chi connectivity index (χ1v) is 10.3. The van der Waals surface area contributed by atoms with E-state index in [1.807, 2.05) is 37.3 Å². The molecule has 152 valence electrons. The number of halogens is 1. The van der Waals surface area contributed by atoms with Gasteiger partial charge in [0.25, 0.3) is 0 Å². The lowest BCUT2D eigenvalue weighted by molar-refractivity contribution is 0.0287. The Kier molecular flexibility index (Phi) is 9.53. The van der Waals surface area contributed by atoms with Gasteiger partial charge in [0.05, 0.1) is 12.2 Å². The van der Waals surface area contributed by atoms with E-state index in [0.29, 0.717) is 13.0 Å². The van der Waals surface area contributed by atoms with Crippen LogP contribution >= 0.6 is 0 Å². The molecule has 0 amide bonds. The van der Waals surface area contributed by atoms with E-state index in [2.05, 4.69) is 6.92 Å². The molecule has 28 heavy (non-hydrogen) atoms. The molecule has 2 aromatic carbocycles. The Morgan fingerprint density at radius 2 is 1.68 bits per heavy atom. The molecule has 0 bridgehead atoms. The number of carbonyl (C=O) groups excluding carboxylic acids is 1. The fraction of sp³-hybridized carbons (Fsp3) is 0.458. The number of benzene rings is 2. The molecule has 0 spiro atoms. The molecule has 1 unspecified atom stereocenters. The van der Waals surface area contributed by atoms with Crippen molar-refractivity contribution in [3.63, 3.8) is 0 Å². The molecule has 0 N–H and O–H groups in total. The second kappa shape index (κ2) is 12.2. The molecule has 2 aromatic rings. The van der Waals surface area contributed by atoms with E-state index in [1.54, 1.807) is 6.07 Å². The number of esters is 1. The maximum atomic E-state index is 14.3. The van der Waals surface area contributed by atoms with Crippen LogP contribution in [0.15, 0.2) is 48.5 Å². The van der Waals surface area contributed by atoms with E-state index in [9.17, 15) is 9.18 Å². The zero-order chi connectivity index (χ0) is 20.2. The summed E-state index contributed by atoms with van der Waals surface area (Å²) in [6.45, 7) is 4.62. The van der Waals surface area contributed by atoms with E-state index >= 15 is 0 Å². The van der Waals surface area contributed by atoms with Gasteiger partial charge in [-0.3, -0.25) is 0 Å². The monoisotopic (exact) mass is 386 g/mol. The third kappa shape index (κ3) is 6.99. The number of hydrogen-bond donors (Lipinski definition) is 0. The van der Waals surface area contributed by atoms with Gasteiger partial charge in [0.15, 0.2) is 11.6 Å². The van der Waals surface area contributed by atoms with Crippen LogP contribution < -0.4 is 4.74 Å². The zero-order valence-corrected chi connectivity index (χ0v) is 17.0. The fourth-order valence-electron chi connectivity index (χ4n) is 3.06. The van der Waals surface area contributed by atoms with Crippen molar-refractivity contribution in [1.29, 1.82) is 0 Å². The summed E-state index contributed by atoms with van der Waals surface area (Å²) in [6, 6.07) is 13.8. The molecule has 2 rings (SSSR count). The first kappa shape index (κ1) is 21.9. The normalized spacial score (nSPS) is 11.8. The molecule has 4 heteroatoms. The van der Waals surface area contributed by atoms with Crippen molar-refractivity contribution in [3.05, 3.63) is 65.5 Å². The molecule has 0 radical (unpaired) electrons. The van der Waals surface area contributed by atoms with Crippen LogP contribution in [-0.2, 0) is 4.74 Å². The predicted octanol–water partition coefficient (Wildman–Crippen LogP) is 6.87. The highest BCUT2D eigenvalue weighted by atomic mass is 19.1. The first-order valence-electron chi connectivity index (χ1n) is 10.3. The SMILES string of the molecule is CCCCCCCCOc1ccc(C(=O)OC(CC)c2ccccc2)cc1F. The molecule has 3 nitrogen and oxygen atoms in total. The summed E-state index contributed by atoms with van der Waals surface area (Å²) in [7, 11) is 0. The Labute approximate surface area is 167 Å². The van der Waals surface area contributed by atoms with E-state index in [1.165, 1.54) is 37.8 Å². The summed E-state index contributed by atoms with van der Waals surface area (Å²) >= 11 is 0. The average Bonchev–Trinajstić information content (AvgIpc) is 2.72. The lowest BCUT2D eigenvalue weighted by Gasteiger charge is -2.17. The molecule has 1 atom stereocenters. The number of carbonyl (C=O) groups is 1. The fourth-order valence-corrected chi connectivity index (χ4v) is 3.06. The lowest BCUT2D eigenvalue weighted by atomic mass is 10.1. The molecule has 0 heterocycles. The number of unbranched alkanes of at least 4 members (excludes halogenated alkanes) is 5. The van der Waals surface area contributed by atoms with Crippen LogP contribution in [-0.4, -0.2) is 12.6 Å². The first-order chi connectivity index (χ1) is 13.7. The van der Waals surface area contributed by atoms with Crippen molar-refractivity contribution in [3.8, 4) is 5.75 Å². The minimum absolute atomic E-state index is 0.181. The van der Waals surface area contributed by atoms with E-state index < -0.39 is 11.8 Å². The Hall–Kier alpha value is -2.36.